The van der Waals surface area contributed by atoms with Gasteiger partial charge in [-0.25, -0.2) is 4.79 Å². The molecule has 0 aromatic heterocycles. The van der Waals surface area contributed by atoms with Crippen LogP contribution in [0.2, 0.25) is 5.02 Å². The van der Waals surface area contributed by atoms with Crippen molar-refractivity contribution >= 4 is 35.2 Å². The standard InChI is InChI=1S/C22H19ClN2O5/c23-17-5-2-16(3-6-17)4-9-22(27)30-15-21(26)25(11-1-10-24)18-7-8-19-20(14-18)29-13-12-28-19/h2-9,14H,1,11-13,15H2. The van der Waals surface area contributed by atoms with E-state index < -0.39 is 18.5 Å². The first kappa shape index (κ1) is 21.2. The molecule has 0 fully saturated rings. The molecular formula is C22H19ClN2O5. The Morgan fingerprint density at radius 2 is 1.87 bits per heavy atom. The van der Waals surface area contributed by atoms with Crippen LogP contribution < -0.4 is 14.4 Å². The van der Waals surface area contributed by atoms with Gasteiger partial charge in [0.2, 0.25) is 0 Å². The van der Waals surface area contributed by atoms with Crippen molar-refractivity contribution in [3.63, 3.8) is 0 Å². The first-order chi connectivity index (χ1) is 14.6. The number of amides is 1. The molecule has 3 rings (SSSR count). The molecule has 1 amide bonds. The van der Waals surface area contributed by atoms with E-state index in [1.54, 1.807) is 48.5 Å². The second kappa shape index (κ2) is 10.3. The third kappa shape index (κ3) is 5.75. The van der Waals surface area contributed by atoms with E-state index in [-0.39, 0.29) is 13.0 Å². The van der Waals surface area contributed by atoms with Crippen LogP contribution in [0.5, 0.6) is 11.5 Å². The maximum atomic E-state index is 12.7. The van der Waals surface area contributed by atoms with E-state index in [1.807, 2.05) is 6.07 Å². The number of hydrogen-bond acceptors (Lipinski definition) is 6. The summed E-state index contributed by atoms with van der Waals surface area (Å²) in [5.41, 5.74) is 1.31. The highest BCUT2D eigenvalue weighted by molar-refractivity contribution is 6.30. The van der Waals surface area contributed by atoms with Crippen molar-refractivity contribution in [3.05, 3.63) is 59.1 Å². The lowest BCUT2D eigenvalue weighted by Gasteiger charge is -2.24. The molecule has 8 heteroatoms. The highest BCUT2D eigenvalue weighted by atomic mass is 35.5. The summed E-state index contributed by atoms with van der Waals surface area (Å²) in [6, 6.07) is 14.0. The lowest BCUT2D eigenvalue weighted by atomic mass is 10.2. The highest BCUT2D eigenvalue weighted by Gasteiger charge is 2.20. The van der Waals surface area contributed by atoms with Crippen molar-refractivity contribution in [3.8, 4) is 17.6 Å². The van der Waals surface area contributed by atoms with Gasteiger partial charge in [0.15, 0.2) is 18.1 Å². The van der Waals surface area contributed by atoms with Crippen LogP contribution in [0.1, 0.15) is 12.0 Å². The Morgan fingerprint density at radius 1 is 1.13 bits per heavy atom. The van der Waals surface area contributed by atoms with E-state index in [0.717, 1.165) is 5.56 Å². The Balaban J connectivity index is 1.63. The van der Waals surface area contributed by atoms with Gasteiger partial charge in [0.25, 0.3) is 5.91 Å². The Bertz CT molecular complexity index is 982. The molecule has 0 radical (unpaired) electrons. The SMILES string of the molecule is N#CCCN(C(=O)COC(=O)C=Cc1ccc(Cl)cc1)c1ccc2c(c1)OCCO2. The quantitative estimate of drug-likeness (QED) is 0.496. The second-order valence-corrected chi connectivity index (χ2v) is 6.71. The van der Waals surface area contributed by atoms with Gasteiger partial charge in [-0.1, -0.05) is 23.7 Å². The minimum absolute atomic E-state index is 0.130. The van der Waals surface area contributed by atoms with E-state index in [1.165, 1.54) is 11.0 Å². The lowest BCUT2D eigenvalue weighted by molar-refractivity contribution is -0.142. The van der Waals surface area contributed by atoms with Crippen molar-refractivity contribution in [2.45, 2.75) is 6.42 Å². The molecule has 2 aromatic rings. The Kier molecular flexibility index (Phi) is 7.30. The Labute approximate surface area is 179 Å². The zero-order chi connectivity index (χ0) is 21.3. The summed E-state index contributed by atoms with van der Waals surface area (Å²) in [6.07, 6.45) is 2.93. The number of rotatable bonds is 7. The molecule has 0 unspecified atom stereocenters. The van der Waals surface area contributed by atoms with Crippen LogP contribution in [0.4, 0.5) is 5.69 Å². The normalized spacial score (nSPS) is 12.3. The van der Waals surface area contributed by atoms with Crippen LogP contribution in [0, 0.1) is 11.3 Å². The topological polar surface area (TPSA) is 88.9 Å². The average molecular weight is 427 g/mol. The average Bonchev–Trinajstić information content (AvgIpc) is 2.77. The van der Waals surface area contributed by atoms with Gasteiger partial charge in [0, 0.05) is 29.4 Å². The molecule has 7 nitrogen and oxygen atoms in total. The van der Waals surface area contributed by atoms with Gasteiger partial charge < -0.3 is 19.1 Å². The summed E-state index contributed by atoms with van der Waals surface area (Å²) in [4.78, 5) is 26.0. The van der Waals surface area contributed by atoms with Crippen molar-refractivity contribution in [2.75, 3.05) is 31.3 Å². The molecule has 30 heavy (non-hydrogen) atoms. The predicted molar refractivity (Wildman–Crippen MR) is 111 cm³/mol. The number of carbonyl (C=O) groups excluding carboxylic acids is 2. The molecule has 1 aliphatic rings. The van der Waals surface area contributed by atoms with Crippen molar-refractivity contribution in [1.82, 2.24) is 0 Å². The molecule has 0 bridgehead atoms. The number of anilines is 1. The van der Waals surface area contributed by atoms with E-state index >= 15 is 0 Å². The molecule has 1 aliphatic heterocycles. The van der Waals surface area contributed by atoms with E-state index in [0.29, 0.717) is 35.4 Å². The van der Waals surface area contributed by atoms with E-state index in [2.05, 4.69) is 0 Å². The number of carbonyl (C=O) groups is 2. The van der Waals surface area contributed by atoms with Crippen molar-refractivity contribution in [1.29, 1.82) is 5.26 Å². The van der Waals surface area contributed by atoms with Gasteiger partial charge in [0.05, 0.1) is 12.5 Å². The third-order valence-electron chi connectivity index (χ3n) is 4.21. The molecule has 0 atom stereocenters. The zero-order valence-corrected chi connectivity index (χ0v) is 16.8. The smallest absolute Gasteiger partial charge is 0.331 e. The number of benzene rings is 2. The highest BCUT2D eigenvalue weighted by Crippen LogP contribution is 2.34. The minimum atomic E-state index is -0.652. The van der Waals surface area contributed by atoms with Crippen molar-refractivity contribution in [2.24, 2.45) is 0 Å². The molecule has 2 aromatic carbocycles. The zero-order valence-electron chi connectivity index (χ0n) is 16.0. The third-order valence-corrected chi connectivity index (χ3v) is 4.46. The number of nitrogens with zero attached hydrogens (tertiary/aromatic N) is 2. The monoisotopic (exact) mass is 426 g/mol. The van der Waals surface area contributed by atoms with Gasteiger partial charge in [-0.2, -0.15) is 5.26 Å². The minimum Gasteiger partial charge on any atom is -0.486 e. The lowest BCUT2D eigenvalue weighted by Crippen LogP contribution is -2.35. The predicted octanol–water partition coefficient (Wildman–Crippen LogP) is 3.61. The van der Waals surface area contributed by atoms with Gasteiger partial charge in [-0.05, 0) is 35.9 Å². The number of esters is 1. The summed E-state index contributed by atoms with van der Waals surface area (Å²) >= 11 is 5.82. The van der Waals surface area contributed by atoms with Crippen molar-refractivity contribution < 1.29 is 23.8 Å². The number of halogens is 1. The first-order valence-electron chi connectivity index (χ1n) is 9.24. The molecular weight excluding hydrogens is 408 g/mol. The fourth-order valence-electron chi connectivity index (χ4n) is 2.76. The van der Waals surface area contributed by atoms with Crippen LogP contribution in [0.15, 0.2) is 48.5 Å². The van der Waals surface area contributed by atoms with E-state index in [4.69, 9.17) is 31.1 Å². The summed E-state index contributed by atoms with van der Waals surface area (Å²) in [5.74, 6) is 0.0173. The van der Waals surface area contributed by atoms with Crippen LogP contribution in [-0.4, -0.2) is 38.2 Å². The van der Waals surface area contributed by atoms with Crippen LogP contribution >= 0.6 is 11.6 Å². The maximum Gasteiger partial charge on any atom is 0.331 e. The van der Waals surface area contributed by atoms with Crippen LogP contribution in [-0.2, 0) is 14.3 Å². The largest absolute Gasteiger partial charge is 0.486 e. The van der Waals surface area contributed by atoms with Gasteiger partial charge in [-0.3, -0.25) is 4.79 Å². The fourth-order valence-corrected chi connectivity index (χ4v) is 2.88. The molecule has 154 valence electrons. The van der Waals surface area contributed by atoms with Crippen LogP contribution in [0.3, 0.4) is 0 Å². The summed E-state index contributed by atoms with van der Waals surface area (Å²) in [5, 5.41) is 9.51. The Hall–Kier alpha value is -3.50. The molecule has 0 spiro atoms. The molecule has 0 aliphatic carbocycles. The number of hydrogen-bond donors (Lipinski definition) is 0. The molecule has 0 saturated carbocycles. The summed E-state index contributed by atoms with van der Waals surface area (Å²) in [7, 11) is 0. The van der Waals surface area contributed by atoms with Gasteiger partial charge >= 0.3 is 5.97 Å². The Morgan fingerprint density at radius 3 is 2.60 bits per heavy atom. The molecule has 0 N–H and O–H groups in total. The fraction of sp³-hybridized carbons (Fsp3) is 0.227. The summed E-state index contributed by atoms with van der Waals surface area (Å²) in [6.45, 7) is 0.583. The van der Waals surface area contributed by atoms with Crippen LogP contribution in [0.25, 0.3) is 6.08 Å². The maximum absolute atomic E-state index is 12.7. The molecule has 0 saturated heterocycles. The first-order valence-corrected chi connectivity index (χ1v) is 9.62. The molecule has 1 heterocycles. The van der Waals surface area contributed by atoms with Gasteiger partial charge in [-0.15, -0.1) is 0 Å². The van der Waals surface area contributed by atoms with E-state index in [9.17, 15) is 9.59 Å². The number of ether oxygens (including phenoxy) is 3. The number of fused-ring (bicyclic) bond motifs is 1. The van der Waals surface area contributed by atoms with Gasteiger partial charge in [0.1, 0.15) is 13.2 Å². The summed E-state index contributed by atoms with van der Waals surface area (Å²) < 4.78 is 16.1. The second-order valence-electron chi connectivity index (χ2n) is 6.27. The number of nitriles is 1.